The first-order chi connectivity index (χ1) is 15.4. The van der Waals surface area contributed by atoms with Crippen molar-refractivity contribution in [3.63, 3.8) is 0 Å². The smallest absolute Gasteiger partial charge is 0.268 e. The minimum absolute atomic E-state index is 0.0707. The molecule has 1 amide bonds. The van der Waals surface area contributed by atoms with E-state index in [0.29, 0.717) is 32.9 Å². The van der Waals surface area contributed by atoms with Gasteiger partial charge in [0.1, 0.15) is 23.5 Å². The zero-order chi connectivity index (χ0) is 23.1. The topological polar surface area (TPSA) is 98.8 Å². The third-order valence-corrected chi connectivity index (χ3v) is 5.71. The first kappa shape index (κ1) is 23.3. The highest BCUT2D eigenvalue weighted by molar-refractivity contribution is 7.15. The van der Waals surface area contributed by atoms with Crippen molar-refractivity contribution in [3.05, 3.63) is 80.3 Å². The molecule has 0 saturated heterocycles. The van der Waals surface area contributed by atoms with Crippen LogP contribution in [-0.4, -0.2) is 17.0 Å². The van der Waals surface area contributed by atoms with Crippen LogP contribution in [0.2, 0.25) is 10.0 Å². The largest absolute Gasteiger partial charge is 0.476 e. The number of hydrogen-bond acceptors (Lipinski definition) is 6. The summed E-state index contributed by atoms with van der Waals surface area (Å²) in [6, 6.07) is 15.8. The van der Waals surface area contributed by atoms with Crippen LogP contribution in [0.25, 0.3) is 6.08 Å². The maximum absolute atomic E-state index is 12.5. The van der Waals surface area contributed by atoms with E-state index in [-0.39, 0.29) is 5.57 Å². The summed E-state index contributed by atoms with van der Waals surface area (Å²) in [7, 11) is 0. The van der Waals surface area contributed by atoms with Crippen LogP contribution in [0.5, 0.6) is 5.75 Å². The van der Waals surface area contributed by atoms with E-state index < -0.39 is 12.0 Å². The molecule has 3 rings (SSSR count). The maximum Gasteiger partial charge on any atom is 0.268 e. The highest BCUT2D eigenvalue weighted by atomic mass is 35.5. The Balaban J connectivity index is 1.67. The van der Waals surface area contributed by atoms with Crippen molar-refractivity contribution in [3.8, 4) is 17.9 Å². The molecule has 9 heteroatoms. The molecule has 0 saturated carbocycles. The van der Waals surface area contributed by atoms with Gasteiger partial charge in [0, 0.05) is 27.5 Å². The van der Waals surface area contributed by atoms with Crippen LogP contribution >= 0.6 is 34.5 Å². The van der Waals surface area contributed by atoms with E-state index in [0.717, 1.165) is 10.4 Å². The van der Waals surface area contributed by atoms with Crippen molar-refractivity contribution in [1.82, 2.24) is 4.98 Å². The van der Waals surface area contributed by atoms with Crippen LogP contribution in [0.1, 0.15) is 22.9 Å². The van der Waals surface area contributed by atoms with Gasteiger partial charge >= 0.3 is 0 Å². The molecule has 1 atom stereocenters. The van der Waals surface area contributed by atoms with Crippen molar-refractivity contribution >= 4 is 51.7 Å². The summed E-state index contributed by atoms with van der Waals surface area (Å²) in [6.45, 7) is 1.64. The van der Waals surface area contributed by atoms with E-state index in [4.69, 9.17) is 33.2 Å². The van der Waals surface area contributed by atoms with Crippen LogP contribution in [0.4, 0.5) is 5.13 Å². The van der Waals surface area contributed by atoms with Gasteiger partial charge in [0.25, 0.3) is 5.91 Å². The number of aromatic nitrogens is 1. The van der Waals surface area contributed by atoms with E-state index in [1.165, 1.54) is 17.4 Å². The van der Waals surface area contributed by atoms with Crippen molar-refractivity contribution in [2.45, 2.75) is 19.4 Å². The van der Waals surface area contributed by atoms with Crippen LogP contribution < -0.4 is 10.1 Å². The third kappa shape index (κ3) is 6.32. The molecule has 0 spiro atoms. The number of thiazole rings is 1. The highest BCUT2D eigenvalue weighted by Gasteiger charge is 2.13. The molecule has 0 radical (unpaired) electrons. The van der Waals surface area contributed by atoms with Crippen LogP contribution in [-0.2, 0) is 11.2 Å². The maximum atomic E-state index is 12.5. The van der Waals surface area contributed by atoms with Gasteiger partial charge in [0.15, 0.2) is 11.2 Å². The number of halogens is 2. The number of benzene rings is 2. The molecule has 1 aromatic heterocycles. The van der Waals surface area contributed by atoms with Gasteiger partial charge in [-0.05, 0) is 54.5 Å². The van der Waals surface area contributed by atoms with Crippen molar-refractivity contribution in [2.24, 2.45) is 0 Å². The molecule has 0 fully saturated rings. The number of nitrogens with one attached hydrogen (secondary N) is 1. The first-order valence-corrected chi connectivity index (χ1v) is 10.9. The van der Waals surface area contributed by atoms with E-state index in [9.17, 15) is 10.1 Å². The summed E-state index contributed by atoms with van der Waals surface area (Å²) in [5.74, 6) is -0.0399. The van der Waals surface area contributed by atoms with Crippen molar-refractivity contribution in [1.29, 1.82) is 10.5 Å². The lowest BCUT2D eigenvalue weighted by molar-refractivity contribution is -0.112. The number of hydrogen-bond donors (Lipinski definition) is 1. The average Bonchev–Trinajstić information content (AvgIpc) is 3.22. The van der Waals surface area contributed by atoms with Gasteiger partial charge in [-0.3, -0.25) is 10.1 Å². The Morgan fingerprint density at radius 1 is 1.25 bits per heavy atom. The number of ether oxygens (including phenoxy) is 1. The fourth-order valence-corrected chi connectivity index (χ4v) is 3.88. The monoisotopic (exact) mass is 482 g/mol. The Labute approximate surface area is 199 Å². The lowest BCUT2D eigenvalue weighted by Crippen LogP contribution is -2.13. The molecule has 0 aliphatic carbocycles. The molecule has 160 valence electrons. The number of rotatable bonds is 7. The molecular formula is C23H16Cl2N4O2S. The molecule has 0 bridgehead atoms. The van der Waals surface area contributed by atoms with Gasteiger partial charge in [-0.15, -0.1) is 11.3 Å². The minimum Gasteiger partial charge on any atom is -0.476 e. The molecule has 32 heavy (non-hydrogen) atoms. The van der Waals surface area contributed by atoms with Crippen molar-refractivity contribution in [2.75, 3.05) is 5.32 Å². The van der Waals surface area contributed by atoms with E-state index in [1.807, 2.05) is 12.1 Å². The fourth-order valence-electron chi connectivity index (χ4n) is 2.67. The number of nitriles is 2. The second-order valence-corrected chi connectivity index (χ2v) is 8.59. The van der Waals surface area contributed by atoms with Crippen molar-refractivity contribution < 1.29 is 9.53 Å². The van der Waals surface area contributed by atoms with E-state index in [1.54, 1.807) is 55.6 Å². The Kier molecular flexibility index (Phi) is 7.86. The highest BCUT2D eigenvalue weighted by Crippen LogP contribution is 2.27. The normalized spacial score (nSPS) is 11.8. The Morgan fingerprint density at radius 2 is 2.00 bits per heavy atom. The van der Waals surface area contributed by atoms with Crippen LogP contribution in [0, 0.1) is 22.7 Å². The average molecular weight is 483 g/mol. The molecule has 0 aliphatic heterocycles. The second kappa shape index (κ2) is 10.8. The standard InChI is InChI=1S/C23H16Cl2N4O2S/c1-14(11-26)31-19-5-2-15(3-6-19)8-17(12-27)22(30)29-23-28-13-20(32-23)10-16-9-18(24)4-7-21(16)25/h2-9,13-14H,10H2,1H3,(H,28,29,30)/b17-8-. The van der Waals surface area contributed by atoms with Gasteiger partial charge in [0.05, 0.1) is 0 Å². The summed E-state index contributed by atoms with van der Waals surface area (Å²) in [5.41, 5.74) is 1.43. The zero-order valence-corrected chi connectivity index (χ0v) is 19.1. The minimum atomic E-state index is -0.574. The summed E-state index contributed by atoms with van der Waals surface area (Å²) >= 11 is 13.5. The van der Waals surface area contributed by atoms with Crippen LogP contribution in [0.3, 0.4) is 0 Å². The Hall–Kier alpha value is -3.36. The summed E-state index contributed by atoms with van der Waals surface area (Å²) in [4.78, 5) is 17.6. The van der Waals surface area contributed by atoms with Gasteiger partial charge in [0.2, 0.25) is 0 Å². The third-order valence-electron chi connectivity index (χ3n) is 4.20. The molecule has 6 nitrogen and oxygen atoms in total. The number of carbonyl (C=O) groups is 1. The first-order valence-electron chi connectivity index (χ1n) is 9.36. The zero-order valence-electron chi connectivity index (χ0n) is 16.8. The molecule has 3 aromatic rings. The van der Waals surface area contributed by atoms with Gasteiger partial charge < -0.3 is 4.74 Å². The summed E-state index contributed by atoms with van der Waals surface area (Å²) in [5, 5.41) is 22.4. The van der Waals surface area contributed by atoms with Gasteiger partial charge in [-0.1, -0.05) is 35.3 Å². The lowest BCUT2D eigenvalue weighted by atomic mass is 10.1. The fraction of sp³-hybridized carbons (Fsp3) is 0.130. The lowest BCUT2D eigenvalue weighted by Gasteiger charge is -2.07. The van der Waals surface area contributed by atoms with E-state index >= 15 is 0 Å². The molecule has 1 unspecified atom stereocenters. The predicted octanol–water partition coefficient (Wildman–Crippen LogP) is 5.88. The molecule has 0 aliphatic rings. The summed E-state index contributed by atoms with van der Waals surface area (Å²) in [6.07, 6.45) is 3.06. The molecular weight excluding hydrogens is 467 g/mol. The number of nitrogens with zero attached hydrogens (tertiary/aromatic N) is 3. The SMILES string of the molecule is CC(C#N)Oc1ccc(/C=C(/C#N)C(=O)Nc2ncc(Cc3cc(Cl)ccc3Cl)s2)cc1. The van der Waals surface area contributed by atoms with E-state index in [2.05, 4.69) is 10.3 Å². The quantitative estimate of drug-likeness (QED) is 0.334. The van der Waals surface area contributed by atoms with Gasteiger partial charge in [-0.25, -0.2) is 4.98 Å². The van der Waals surface area contributed by atoms with Gasteiger partial charge in [-0.2, -0.15) is 10.5 Å². The van der Waals surface area contributed by atoms with Crippen LogP contribution in [0.15, 0.2) is 54.2 Å². The second-order valence-electron chi connectivity index (χ2n) is 6.63. The molecule has 2 aromatic carbocycles. The predicted molar refractivity (Wildman–Crippen MR) is 126 cm³/mol. The number of carbonyl (C=O) groups excluding carboxylic acids is 1. The Bertz CT molecular complexity index is 1240. The number of anilines is 1. The summed E-state index contributed by atoms with van der Waals surface area (Å²) < 4.78 is 5.39. The number of amides is 1. The molecule has 1 heterocycles. The Morgan fingerprint density at radius 3 is 2.69 bits per heavy atom. The molecule has 1 N–H and O–H groups in total.